The van der Waals surface area contributed by atoms with Crippen molar-refractivity contribution < 1.29 is 23.7 Å². The predicted molar refractivity (Wildman–Crippen MR) is 128 cm³/mol. The minimum Gasteiger partial charge on any atom is -0.493 e. The molecule has 0 aliphatic heterocycles. The molecule has 7 nitrogen and oxygen atoms in total. The van der Waals surface area contributed by atoms with Crippen molar-refractivity contribution >= 4 is 23.7 Å². The molecule has 3 aromatic rings. The highest BCUT2D eigenvalue weighted by atomic mass is 35.5. The molecule has 8 heteroatoms. The van der Waals surface area contributed by atoms with E-state index < -0.39 is 0 Å². The van der Waals surface area contributed by atoms with Crippen molar-refractivity contribution in [2.45, 2.75) is 13.0 Å². The van der Waals surface area contributed by atoms with E-state index in [-0.39, 0.29) is 12.3 Å². The maximum absolute atomic E-state index is 12.2. The Bertz CT molecular complexity index is 1130. The molecule has 172 valence electrons. The lowest BCUT2D eigenvalue weighted by Crippen LogP contribution is -2.19. The van der Waals surface area contributed by atoms with Crippen LogP contribution in [0.5, 0.6) is 23.0 Å². The maximum Gasteiger partial charge on any atom is 0.244 e. The molecule has 0 heterocycles. The first-order valence-corrected chi connectivity index (χ1v) is 10.5. The Balaban J connectivity index is 1.58. The van der Waals surface area contributed by atoms with Crippen LogP contribution in [0.4, 0.5) is 0 Å². The highest BCUT2D eigenvalue weighted by Crippen LogP contribution is 2.29. The zero-order valence-corrected chi connectivity index (χ0v) is 19.4. The van der Waals surface area contributed by atoms with Crippen LogP contribution in [0.15, 0.2) is 65.8 Å². The lowest BCUT2D eigenvalue weighted by atomic mass is 10.1. The van der Waals surface area contributed by atoms with E-state index in [1.54, 1.807) is 51.7 Å². The van der Waals surface area contributed by atoms with Crippen LogP contribution in [-0.2, 0) is 17.8 Å². The standard InChI is InChI=1S/C25H25ClN2O5/c1-30-21-10-8-17(12-23(21)31-2)14-25(29)28-27-15-18-9-11-22(24(13-18)32-3)33-16-19-6-4-5-7-20(19)26/h4-13,15H,14,16H2,1-3H3,(H,28,29)/b27-15+. The van der Waals surface area contributed by atoms with Gasteiger partial charge in [0.2, 0.25) is 5.91 Å². The quantitative estimate of drug-likeness (QED) is 0.346. The number of nitrogens with one attached hydrogen (secondary N) is 1. The molecule has 0 aromatic heterocycles. The van der Waals surface area contributed by atoms with Gasteiger partial charge in [-0.25, -0.2) is 5.43 Å². The van der Waals surface area contributed by atoms with Crippen molar-refractivity contribution in [3.05, 3.63) is 82.4 Å². The van der Waals surface area contributed by atoms with Crippen LogP contribution < -0.4 is 24.4 Å². The number of amides is 1. The molecule has 0 aliphatic carbocycles. The van der Waals surface area contributed by atoms with Gasteiger partial charge < -0.3 is 18.9 Å². The second-order valence-corrected chi connectivity index (χ2v) is 7.36. The van der Waals surface area contributed by atoms with Gasteiger partial charge in [-0.05, 0) is 47.5 Å². The third-order valence-corrected chi connectivity index (χ3v) is 5.11. The van der Waals surface area contributed by atoms with Crippen LogP contribution in [0.2, 0.25) is 5.02 Å². The number of ether oxygens (including phenoxy) is 4. The molecule has 0 atom stereocenters. The molecule has 3 rings (SSSR count). The third kappa shape index (κ3) is 6.63. The topological polar surface area (TPSA) is 78.4 Å². The fourth-order valence-electron chi connectivity index (χ4n) is 3.05. The summed E-state index contributed by atoms with van der Waals surface area (Å²) < 4.78 is 21.7. The number of nitrogens with zero attached hydrogens (tertiary/aromatic N) is 1. The Morgan fingerprint density at radius 1 is 0.909 bits per heavy atom. The van der Waals surface area contributed by atoms with E-state index in [1.165, 1.54) is 6.21 Å². The number of hydrazone groups is 1. The molecular formula is C25H25ClN2O5. The van der Waals surface area contributed by atoms with Crippen molar-refractivity contribution in [2.24, 2.45) is 5.10 Å². The van der Waals surface area contributed by atoms with E-state index in [0.717, 1.165) is 16.7 Å². The van der Waals surface area contributed by atoms with E-state index >= 15 is 0 Å². The summed E-state index contributed by atoms with van der Waals surface area (Å²) in [6.45, 7) is 0.315. The van der Waals surface area contributed by atoms with E-state index in [0.29, 0.717) is 34.6 Å². The summed E-state index contributed by atoms with van der Waals surface area (Å²) in [4.78, 5) is 12.2. The van der Waals surface area contributed by atoms with Gasteiger partial charge in [0.1, 0.15) is 6.61 Å². The Morgan fingerprint density at radius 2 is 1.61 bits per heavy atom. The Hall–Kier alpha value is -3.71. The van der Waals surface area contributed by atoms with Crippen LogP contribution in [0.25, 0.3) is 0 Å². The largest absolute Gasteiger partial charge is 0.493 e. The maximum atomic E-state index is 12.2. The first-order valence-electron chi connectivity index (χ1n) is 10.1. The molecule has 1 N–H and O–H groups in total. The SMILES string of the molecule is COc1ccc(CC(=O)N/N=C/c2ccc(OCc3ccccc3Cl)c(OC)c2)cc1OC. The monoisotopic (exact) mass is 468 g/mol. The number of carbonyl (C=O) groups excluding carboxylic acids is 1. The van der Waals surface area contributed by atoms with Crippen LogP contribution in [0.1, 0.15) is 16.7 Å². The van der Waals surface area contributed by atoms with Gasteiger partial charge in [0, 0.05) is 10.6 Å². The highest BCUT2D eigenvalue weighted by Gasteiger charge is 2.09. The minimum absolute atomic E-state index is 0.149. The van der Waals surface area contributed by atoms with Gasteiger partial charge in [-0.2, -0.15) is 5.10 Å². The number of hydrogen-bond acceptors (Lipinski definition) is 6. The molecule has 0 saturated carbocycles. The summed E-state index contributed by atoms with van der Waals surface area (Å²) in [6, 6.07) is 18.2. The summed E-state index contributed by atoms with van der Waals surface area (Å²) in [5.74, 6) is 2.03. The zero-order chi connectivity index (χ0) is 23.6. The summed E-state index contributed by atoms with van der Waals surface area (Å²) in [5.41, 5.74) is 4.92. The zero-order valence-electron chi connectivity index (χ0n) is 18.6. The van der Waals surface area contributed by atoms with Crippen LogP contribution in [-0.4, -0.2) is 33.5 Å². The van der Waals surface area contributed by atoms with Crippen molar-refractivity contribution in [3.8, 4) is 23.0 Å². The molecule has 0 spiro atoms. The second kappa shape index (κ2) is 11.8. The number of hydrogen-bond donors (Lipinski definition) is 1. The first-order chi connectivity index (χ1) is 16.0. The molecule has 33 heavy (non-hydrogen) atoms. The summed E-state index contributed by atoms with van der Waals surface area (Å²) >= 11 is 6.18. The van der Waals surface area contributed by atoms with E-state index in [4.69, 9.17) is 30.5 Å². The van der Waals surface area contributed by atoms with E-state index in [9.17, 15) is 4.79 Å². The van der Waals surface area contributed by atoms with Gasteiger partial charge in [0.25, 0.3) is 0 Å². The molecule has 3 aromatic carbocycles. The average molecular weight is 469 g/mol. The summed E-state index contributed by atoms with van der Waals surface area (Å²) in [6.07, 6.45) is 1.68. The Labute approximate surface area is 197 Å². The van der Waals surface area contributed by atoms with Gasteiger partial charge in [-0.1, -0.05) is 35.9 Å². The lowest BCUT2D eigenvalue weighted by molar-refractivity contribution is -0.120. The van der Waals surface area contributed by atoms with Gasteiger partial charge in [-0.15, -0.1) is 0 Å². The summed E-state index contributed by atoms with van der Waals surface area (Å²) in [5, 5.41) is 4.67. The molecule has 0 fully saturated rings. The molecule has 0 bridgehead atoms. The smallest absolute Gasteiger partial charge is 0.244 e. The van der Waals surface area contributed by atoms with Crippen LogP contribution in [0, 0.1) is 0 Å². The molecular weight excluding hydrogens is 444 g/mol. The van der Waals surface area contributed by atoms with Crippen molar-refractivity contribution in [2.75, 3.05) is 21.3 Å². The van der Waals surface area contributed by atoms with Crippen molar-refractivity contribution in [3.63, 3.8) is 0 Å². The minimum atomic E-state index is -0.259. The average Bonchev–Trinajstić information content (AvgIpc) is 2.83. The Kier molecular flexibility index (Phi) is 8.55. The first kappa shape index (κ1) is 23.9. The van der Waals surface area contributed by atoms with Crippen LogP contribution >= 0.6 is 11.6 Å². The van der Waals surface area contributed by atoms with E-state index in [2.05, 4.69) is 10.5 Å². The summed E-state index contributed by atoms with van der Waals surface area (Å²) in [7, 11) is 4.67. The fourth-order valence-corrected chi connectivity index (χ4v) is 3.24. The van der Waals surface area contributed by atoms with Gasteiger partial charge in [0.15, 0.2) is 23.0 Å². The molecule has 0 unspecified atom stereocenters. The molecule has 1 amide bonds. The fraction of sp³-hybridized carbons (Fsp3) is 0.200. The highest BCUT2D eigenvalue weighted by molar-refractivity contribution is 6.31. The normalized spacial score (nSPS) is 10.7. The van der Waals surface area contributed by atoms with Gasteiger partial charge in [-0.3, -0.25) is 4.79 Å². The Morgan fingerprint density at radius 3 is 2.33 bits per heavy atom. The van der Waals surface area contributed by atoms with Gasteiger partial charge in [0.05, 0.1) is 34.0 Å². The van der Waals surface area contributed by atoms with Crippen molar-refractivity contribution in [1.29, 1.82) is 0 Å². The van der Waals surface area contributed by atoms with Gasteiger partial charge >= 0.3 is 0 Å². The molecule has 0 radical (unpaired) electrons. The van der Waals surface area contributed by atoms with E-state index in [1.807, 2.05) is 30.3 Å². The molecule has 0 aliphatic rings. The number of rotatable bonds is 10. The van der Waals surface area contributed by atoms with Crippen LogP contribution in [0.3, 0.4) is 0 Å². The number of carbonyl (C=O) groups is 1. The lowest BCUT2D eigenvalue weighted by Gasteiger charge is -2.12. The second-order valence-electron chi connectivity index (χ2n) is 6.95. The number of benzene rings is 3. The third-order valence-electron chi connectivity index (χ3n) is 4.74. The van der Waals surface area contributed by atoms with Crippen molar-refractivity contribution in [1.82, 2.24) is 5.43 Å². The number of methoxy groups -OCH3 is 3. The molecule has 0 saturated heterocycles. The predicted octanol–water partition coefficient (Wildman–Crippen LogP) is 4.64. The number of halogens is 1.